The summed E-state index contributed by atoms with van der Waals surface area (Å²) < 4.78 is 28.0. The van der Waals surface area contributed by atoms with Crippen molar-refractivity contribution in [1.82, 2.24) is 13.9 Å². The molecule has 0 amide bonds. The molecule has 33 heavy (non-hydrogen) atoms. The van der Waals surface area contributed by atoms with Gasteiger partial charge in [0.15, 0.2) is 5.65 Å². The highest BCUT2D eigenvalue weighted by atomic mass is 35.5. The van der Waals surface area contributed by atoms with Gasteiger partial charge >= 0.3 is 0 Å². The summed E-state index contributed by atoms with van der Waals surface area (Å²) in [5.74, 6) is 0.663. The number of halogens is 2. The van der Waals surface area contributed by atoms with Gasteiger partial charge in [0.1, 0.15) is 11.0 Å². The van der Waals surface area contributed by atoms with Crippen LogP contribution in [-0.2, 0) is 10.0 Å². The van der Waals surface area contributed by atoms with Gasteiger partial charge in [-0.2, -0.15) is 0 Å². The second kappa shape index (κ2) is 8.97. The predicted molar refractivity (Wildman–Crippen MR) is 133 cm³/mol. The van der Waals surface area contributed by atoms with Crippen molar-refractivity contribution in [2.75, 3.05) is 5.32 Å². The Morgan fingerprint density at radius 2 is 1.76 bits per heavy atom. The van der Waals surface area contributed by atoms with Gasteiger partial charge in [-0.15, -0.1) is 0 Å². The molecule has 5 rings (SSSR count). The van der Waals surface area contributed by atoms with Gasteiger partial charge < -0.3 is 5.32 Å². The van der Waals surface area contributed by atoms with Crippen LogP contribution in [0.2, 0.25) is 10.2 Å². The fourth-order valence-corrected chi connectivity index (χ4v) is 6.17. The van der Waals surface area contributed by atoms with Crippen LogP contribution in [0.5, 0.6) is 0 Å². The highest BCUT2D eigenvalue weighted by molar-refractivity contribution is 7.90. The van der Waals surface area contributed by atoms with E-state index in [9.17, 15) is 8.42 Å². The monoisotopic (exact) mass is 500 g/mol. The number of nitrogens with zero attached hydrogens (tertiary/aromatic N) is 3. The fraction of sp³-hybridized carbons (Fsp3) is 0.250. The summed E-state index contributed by atoms with van der Waals surface area (Å²) in [6, 6.07) is 13.9. The smallest absolute Gasteiger partial charge is 0.269 e. The van der Waals surface area contributed by atoms with Crippen LogP contribution < -0.4 is 5.32 Å². The Balaban J connectivity index is 1.65. The Hall–Kier alpha value is -2.61. The summed E-state index contributed by atoms with van der Waals surface area (Å²) in [6.45, 7) is 0. The van der Waals surface area contributed by atoms with Gasteiger partial charge in [-0.25, -0.2) is 22.4 Å². The van der Waals surface area contributed by atoms with Gasteiger partial charge in [0, 0.05) is 29.4 Å². The molecule has 1 fully saturated rings. The van der Waals surface area contributed by atoms with Crippen LogP contribution in [0.1, 0.15) is 32.1 Å². The van der Waals surface area contributed by atoms with Crippen molar-refractivity contribution in [3.05, 3.63) is 71.1 Å². The number of rotatable bonds is 5. The summed E-state index contributed by atoms with van der Waals surface area (Å²) in [4.78, 5) is 8.96. The maximum absolute atomic E-state index is 13.4. The predicted octanol–water partition coefficient (Wildman–Crippen LogP) is 6.39. The van der Waals surface area contributed by atoms with Crippen molar-refractivity contribution in [3.8, 4) is 11.1 Å². The third kappa shape index (κ3) is 4.33. The summed E-state index contributed by atoms with van der Waals surface area (Å²) in [6.07, 6.45) is 8.88. The third-order valence-electron chi connectivity index (χ3n) is 5.97. The molecule has 1 aromatic carbocycles. The number of nitrogens with one attached hydrogen (secondary N) is 1. The van der Waals surface area contributed by atoms with E-state index in [2.05, 4.69) is 15.3 Å². The minimum absolute atomic E-state index is 0.169. The van der Waals surface area contributed by atoms with Gasteiger partial charge in [0.05, 0.1) is 9.92 Å². The van der Waals surface area contributed by atoms with Crippen LogP contribution in [0.25, 0.3) is 22.2 Å². The number of anilines is 1. The molecule has 1 aliphatic carbocycles. The number of aromatic nitrogens is 3. The molecule has 1 saturated carbocycles. The molecule has 0 saturated heterocycles. The van der Waals surface area contributed by atoms with Crippen LogP contribution in [0, 0.1) is 0 Å². The van der Waals surface area contributed by atoms with Crippen molar-refractivity contribution in [1.29, 1.82) is 0 Å². The molecule has 9 heteroatoms. The first-order valence-electron chi connectivity index (χ1n) is 10.8. The first kappa shape index (κ1) is 22.2. The first-order chi connectivity index (χ1) is 15.9. The molecular formula is C24H22Cl2N4O2S. The number of fused-ring (bicyclic) bond motifs is 1. The van der Waals surface area contributed by atoms with E-state index in [4.69, 9.17) is 23.2 Å². The molecule has 1 N–H and O–H groups in total. The van der Waals surface area contributed by atoms with Crippen molar-refractivity contribution < 1.29 is 8.42 Å². The van der Waals surface area contributed by atoms with E-state index < -0.39 is 10.0 Å². The molecule has 0 spiro atoms. The normalized spacial score (nSPS) is 15.1. The Labute approximate surface area is 202 Å². The van der Waals surface area contributed by atoms with E-state index in [0.29, 0.717) is 33.0 Å². The molecule has 0 atom stereocenters. The van der Waals surface area contributed by atoms with Gasteiger partial charge in [0.2, 0.25) is 0 Å². The van der Waals surface area contributed by atoms with Gasteiger partial charge in [-0.05, 0) is 48.7 Å². The minimum Gasteiger partial charge on any atom is -0.367 e. The van der Waals surface area contributed by atoms with E-state index in [1.54, 1.807) is 48.7 Å². The zero-order valence-corrected chi connectivity index (χ0v) is 20.0. The van der Waals surface area contributed by atoms with Crippen molar-refractivity contribution in [2.24, 2.45) is 0 Å². The zero-order valence-electron chi connectivity index (χ0n) is 17.7. The topological polar surface area (TPSA) is 76.9 Å². The van der Waals surface area contributed by atoms with Gasteiger partial charge in [-0.1, -0.05) is 60.7 Å². The minimum atomic E-state index is -3.88. The van der Waals surface area contributed by atoms with Crippen LogP contribution >= 0.6 is 23.2 Å². The molecule has 170 valence electrons. The van der Waals surface area contributed by atoms with E-state index in [0.717, 1.165) is 18.4 Å². The Morgan fingerprint density at radius 1 is 1.00 bits per heavy atom. The summed E-state index contributed by atoms with van der Waals surface area (Å²) in [5, 5.41) is 4.76. The maximum Gasteiger partial charge on any atom is 0.269 e. The molecule has 0 bridgehead atoms. The first-order valence-corrected chi connectivity index (χ1v) is 13.0. The van der Waals surface area contributed by atoms with Crippen molar-refractivity contribution >= 4 is 50.1 Å². The Morgan fingerprint density at radius 3 is 2.52 bits per heavy atom. The Kier molecular flexibility index (Phi) is 6.03. The quantitative estimate of drug-likeness (QED) is 0.321. The lowest BCUT2D eigenvalue weighted by Gasteiger charge is -2.23. The highest BCUT2D eigenvalue weighted by Gasteiger charge is 2.24. The van der Waals surface area contributed by atoms with E-state index >= 15 is 0 Å². The molecule has 0 unspecified atom stereocenters. The summed E-state index contributed by atoms with van der Waals surface area (Å²) in [5.41, 5.74) is 1.60. The average molecular weight is 501 g/mol. The molecule has 1 aliphatic rings. The molecule has 0 radical (unpaired) electrons. The molecule has 4 aromatic rings. The lowest BCUT2D eigenvalue weighted by atomic mass is 9.95. The number of benzene rings is 1. The lowest BCUT2D eigenvalue weighted by Crippen LogP contribution is -2.22. The molecule has 3 aromatic heterocycles. The third-order valence-corrected chi connectivity index (χ3v) is 8.14. The second-order valence-corrected chi connectivity index (χ2v) is 10.8. The molecule has 0 aliphatic heterocycles. The lowest BCUT2D eigenvalue weighted by molar-refractivity contribution is 0.462. The standard InChI is InChI=1S/C24H22Cl2N4O2S/c25-20-11-12-27-24-23(20)19(15-30(24)33(31,32)18-9-5-2-6-10-18)16-13-21(26)29-22(14-16)28-17-7-3-1-4-8-17/h2,5-6,9-15,17H,1,3-4,7-8H2,(H,28,29). The SMILES string of the molecule is O=S(=O)(c1ccccc1)n1cc(-c2cc(Cl)nc(NC3CCCCC3)c2)c2c(Cl)ccnc21. The van der Waals surface area contributed by atoms with Crippen molar-refractivity contribution in [3.63, 3.8) is 0 Å². The van der Waals surface area contributed by atoms with Gasteiger partial charge in [0.25, 0.3) is 10.0 Å². The van der Waals surface area contributed by atoms with Crippen LogP contribution in [0.4, 0.5) is 5.82 Å². The Bertz CT molecular complexity index is 1420. The molecular weight excluding hydrogens is 479 g/mol. The van der Waals surface area contributed by atoms with Crippen LogP contribution in [0.3, 0.4) is 0 Å². The van der Waals surface area contributed by atoms with Crippen LogP contribution in [-0.4, -0.2) is 28.4 Å². The molecule has 6 nitrogen and oxygen atoms in total. The maximum atomic E-state index is 13.4. The largest absolute Gasteiger partial charge is 0.367 e. The van der Waals surface area contributed by atoms with E-state index in [-0.39, 0.29) is 10.5 Å². The van der Waals surface area contributed by atoms with Crippen molar-refractivity contribution in [2.45, 2.75) is 43.0 Å². The number of hydrogen-bond acceptors (Lipinski definition) is 5. The highest BCUT2D eigenvalue weighted by Crippen LogP contribution is 2.38. The number of hydrogen-bond donors (Lipinski definition) is 1. The average Bonchev–Trinajstić information content (AvgIpc) is 3.22. The van der Waals surface area contributed by atoms with E-state index in [1.807, 2.05) is 6.07 Å². The van der Waals surface area contributed by atoms with Crippen LogP contribution in [0.15, 0.2) is 65.8 Å². The summed E-state index contributed by atoms with van der Waals surface area (Å²) in [7, 11) is -3.88. The molecule has 3 heterocycles. The fourth-order valence-electron chi connectivity index (χ4n) is 4.38. The van der Waals surface area contributed by atoms with Gasteiger partial charge in [-0.3, -0.25) is 0 Å². The second-order valence-electron chi connectivity index (χ2n) is 8.19. The number of pyridine rings is 2. The zero-order chi connectivity index (χ0) is 23.0. The summed E-state index contributed by atoms with van der Waals surface area (Å²) >= 11 is 12.9. The van der Waals surface area contributed by atoms with E-state index in [1.165, 1.54) is 29.4 Å².